The number of aryl methyl sites for hydroxylation is 3. The van der Waals surface area contributed by atoms with Gasteiger partial charge in [0, 0.05) is 16.2 Å². The van der Waals surface area contributed by atoms with E-state index in [0.717, 1.165) is 0 Å². The maximum absolute atomic E-state index is 2.48. The van der Waals surface area contributed by atoms with Crippen molar-refractivity contribution in [3.63, 3.8) is 0 Å². The first-order valence-electron chi connectivity index (χ1n) is 27.3. The van der Waals surface area contributed by atoms with Crippen LogP contribution in [0.15, 0.2) is 212 Å². The minimum Gasteiger partial charge on any atom is -0.0616 e. The summed E-state index contributed by atoms with van der Waals surface area (Å²) >= 11 is 0. The molecule has 0 aliphatic heterocycles. The van der Waals surface area contributed by atoms with Crippen molar-refractivity contribution < 1.29 is 0 Å². The Morgan fingerprint density at radius 2 is 0.539 bits per heavy atom. The van der Waals surface area contributed by atoms with E-state index in [1.807, 2.05) is 0 Å². The minimum atomic E-state index is -0.166. The number of hydrogen-bond donors (Lipinski definition) is 0. The van der Waals surface area contributed by atoms with E-state index in [2.05, 4.69) is 275 Å². The molecule has 0 bridgehead atoms. The number of hydrogen-bond acceptors (Lipinski definition) is 0. The molecule has 0 radical (unpaired) electrons. The van der Waals surface area contributed by atoms with Crippen molar-refractivity contribution in [1.82, 2.24) is 0 Å². The average Bonchev–Trinajstić information content (AvgIpc) is 4.09. The summed E-state index contributed by atoms with van der Waals surface area (Å²) in [6.45, 7) is 21.1. The molecule has 0 heteroatoms. The molecule has 0 N–H and O–H groups in total. The second kappa shape index (κ2) is 16.6. The predicted molar refractivity (Wildman–Crippen MR) is 323 cm³/mol. The molecule has 11 aromatic rings. The highest BCUT2D eigenvalue weighted by molar-refractivity contribution is 5.98. The molecule has 3 aliphatic carbocycles. The molecule has 366 valence electrons. The first-order chi connectivity index (χ1) is 36.6. The number of fused-ring (bicyclic) bond motifs is 10. The topological polar surface area (TPSA) is 0 Å². The van der Waals surface area contributed by atoms with Gasteiger partial charge in [-0.2, -0.15) is 0 Å². The summed E-state index contributed by atoms with van der Waals surface area (Å²) in [5.74, 6) is 0. The van der Waals surface area contributed by atoms with Gasteiger partial charge in [-0.1, -0.05) is 211 Å². The van der Waals surface area contributed by atoms with Gasteiger partial charge in [-0.05, 0) is 225 Å². The van der Waals surface area contributed by atoms with Crippen LogP contribution in [-0.4, -0.2) is 0 Å². The molecule has 0 fully saturated rings. The van der Waals surface area contributed by atoms with Gasteiger partial charge < -0.3 is 0 Å². The lowest BCUT2D eigenvalue weighted by Gasteiger charge is -2.24. The Kier molecular flexibility index (Phi) is 10.1. The Balaban J connectivity index is 0.738. The summed E-state index contributed by atoms with van der Waals surface area (Å²) in [7, 11) is 0. The van der Waals surface area contributed by atoms with Crippen LogP contribution in [0.4, 0.5) is 0 Å². The Hall–Kier alpha value is -8.32. The van der Waals surface area contributed by atoms with E-state index in [1.165, 1.54) is 161 Å². The third-order valence-electron chi connectivity index (χ3n) is 18.2. The second-order valence-electron chi connectivity index (χ2n) is 23.9. The van der Waals surface area contributed by atoms with Crippen LogP contribution in [0.5, 0.6) is 0 Å². The van der Waals surface area contributed by atoms with Crippen LogP contribution in [0.2, 0.25) is 0 Å². The molecule has 76 heavy (non-hydrogen) atoms. The molecule has 0 aromatic heterocycles. The normalized spacial score (nSPS) is 14.7. The Bertz CT molecular complexity index is 4250. The summed E-state index contributed by atoms with van der Waals surface area (Å²) in [6, 6.07) is 81.2. The molecule has 14 rings (SSSR count). The average molecular weight is 975 g/mol. The molecule has 11 aromatic carbocycles. The van der Waals surface area contributed by atoms with E-state index in [0.29, 0.717) is 0 Å². The van der Waals surface area contributed by atoms with Crippen LogP contribution in [-0.2, 0) is 16.2 Å². The lowest BCUT2D eigenvalue weighted by atomic mass is 9.79. The first-order valence-corrected chi connectivity index (χ1v) is 27.3. The van der Waals surface area contributed by atoms with Gasteiger partial charge in [0.15, 0.2) is 0 Å². The summed E-state index contributed by atoms with van der Waals surface area (Å²) in [6.07, 6.45) is 0. The van der Waals surface area contributed by atoms with Crippen LogP contribution in [0, 0.1) is 20.8 Å². The van der Waals surface area contributed by atoms with E-state index >= 15 is 0 Å². The van der Waals surface area contributed by atoms with E-state index in [4.69, 9.17) is 0 Å². The molecular weight excluding hydrogens is 913 g/mol. The SMILES string of the molecule is Cc1cc(C)c(-c2cccc(-c3ccc4c(c3)C(C)(C)c3cc(-c5ccc6c(c5)C(C)(C)c5cc(-c7ccc8c(c7)C(C)(C)c7cc(-c9cccc(-c%10cccc%11ccccc%10%11)c9)ccc7-8)ccc5-6)ccc3-4)c2)c(C)c1. The van der Waals surface area contributed by atoms with Gasteiger partial charge in [-0.15, -0.1) is 0 Å². The third kappa shape index (κ3) is 6.96. The molecule has 0 spiro atoms. The van der Waals surface area contributed by atoms with Gasteiger partial charge in [0.1, 0.15) is 0 Å². The van der Waals surface area contributed by atoms with Gasteiger partial charge in [0.2, 0.25) is 0 Å². The summed E-state index contributed by atoms with van der Waals surface area (Å²) in [4.78, 5) is 0. The van der Waals surface area contributed by atoms with Crippen molar-refractivity contribution in [3.05, 3.63) is 262 Å². The molecule has 0 heterocycles. The molecule has 0 saturated heterocycles. The molecule has 0 unspecified atom stereocenters. The van der Waals surface area contributed by atoms with E-state index in [1.54, 1.807) is 0 Å². The fourth-order valence-corrected chi connectivity index (χ4v) is 14.1. The predicted octanol–water partition coefficient (Wildman–Crippen LogP) is 20.7. The van der Waals surface area contributed by atoms with Gasteiger partial charge in [0.25, 0.3) is 0 Å². The highest BCUT2D eigenvalue weighted by Crippen LogP contribution is 2.55. The van der Waals surface area contributed by atoms with E-state index in [9.17, 15) is 0 Å². The summed E-state index contributed by atoms with van der Waals surface area (Å²) in [5, 5.41) is 2.55. The van der Waals surface area contributed by atoms with Crippen molar-refractivity contribution in [3.8, 4) is 100 Å². The van der Waals surface area contributed by atoms with Crippen molar-refractivity contribution in [2.75, 3.05) is 0 Å². The van der Waals surface area contributed by atoms with Crippen LogP contribution in [0.1, 0.15) is 91.6 Å². The van der Waals surface area contributed by atoms with Crippen LogP contribution < -0.4 is 0 Å². The first kappa shape index (κ1) is 46.2. The minimum absolute atomic E-state index is 0.148. The Labute approximate surface area is 449 Å². The Morgan fingerprint density at radius 3 is 0.934 bits per heavy atom. The van der Waals surface area contributed by atoms with E-state index < -0.39 is 0 Å². The summed E-state index contributed by atoms with van der Waals surface area (Å²) < 4.78 is 0. The van der Waals surface area contributed by atoms with Crippen LogP contribution >= 0.6 is 0 Å². The lowest BCUT2D eigenvalue weighted by molar-refractivity contribution is 0.659. The maximum Gasteiger partial charge on any atom is 0.0159 e. The lowest BCUT2D eigenvalue weighted by Crippen LogP contribution is -2.16. The number of benzene rings is 11. The van der Waals surface area contributed by atoms with Gasteiger partial charge in [-0.3, -0.25) is 0 Å². The van der Waals surface area contributed by atoms with Crippen LogP contribution in [0.3, 0.4) is 0 Å². The molecule has 0 saturated carbocycles. The maximum atomic E-state index is 2.48. The molecular formula is C76H62. The zero-order valence-electron chi connectivity index (χ0n) is 45.2. The zero-order valence-corrected chi connectivity index (χ0v) is 45.2. The standard InChI is InChI=1S/C76H62/c1-45-35-46(2)73(47(3)36-45)58-20-13-18-50(38-58)52-24-30-62-64-32-26-54(42-70(64)75(6,7)68(62)40-52)56-28-34-66-65-33-27-55(43-71(65)76(8,9)72(66)44-56)53-25-31-63-61-29-23-51(39-67(61)74(4,5)69(63)41-53)49-17-12-19-57(37-49)60-22-14-16-48-15-10-11-21-59(48)60/h10-44H,1-9H3. The van der Waals surface area contributed by atoms with Gasteiger partial charge >= 0.3 is 0 Å². The Morgan fingerprint density at radius 1 is 0.237 bits per heavy atom. The zero-order chi connectivity index (χ0) is 52.0. The smallest absolute Gasteiger partial charge is 0.0159 e. The molecule has 0 atom stereocenters. The van der Waals surface area contributed by atoms with Crippen molar-refractivity contribution in [2.24, 2.45) is 0 Å². The van der Waals surface area contributed by atoms with Gasteiger partial charge in [-0.25, -0.2) is 0 Å². The van der Waals surface area contributed by atoms with Crippen molar-refractivity contribution >= 4 is 10.8 Å². The highest BCUT2D eigenvalue weighted by atomic mass is 14.4. The quantitative estimate of drug-likeness (QED) is 0.156. The number of rotatable bonds is 6. The fourth-order valence-electron chi connectivity index (χ4n) is 14.1. The monoisotopic (exact) mass is 974 g/mol. The van der Waals surface area contributed by atoms with Crippen molar-refractivity contribution in [1.29, 1.82) is 0 Å². The largest absolute Gasteiger partial charge is 0.0616 e. The fraction of sp³-hybridized carbons (Fsp3) is 0.158. The summed E-state index contributed by atoms with van der Waals surface area (Å²) in [5.41, 5.74) is 35.2. The van der Waals surface area contributed by atoms with Crippen LogP contribution in [0.25, 0.3) is 111 Å². The van der Waals surface area contributed by atoms with Crippen molar-refractivity contribution in [2.45, 2.75) is 78.6 Å². The second-order valence-corrected chi connectivity index (χ2v) is 23.9. The molecule has 0 amide bonds. The van der Waals surface area contributed by atoms with Gasteiger partial charge in [0.05, 0.1) is 0 Å². The third-order valence-corrected chi connectivity index (χ3v) is 18.2. The highest BCUT2D eigenvalue weighted by Gasteiger charge is 2.39. The van der Waals surface area contributed by atoms with E-state index in [-0.39, 0.29) is 16.2 Å². The molecule has 3 aliphatic rings. The molecule has 0 nitrogen and oxygen atoms in total.